The molecular weight excluding hydrogens is 318 g/mol. The van der Waals surface area contributed by atoms with Crippen LogP contribution < -0.4 is 0 Å². The van der Waals surface area contributed by atoms with Crippen molar-refractivity contribution in [3.8, 4) is 0 Å². The van der Waals surface area contributed by atoms with E-state index in [1.807, 2.05) is 12.1 Å². The maximum atomic E-state index is 12.6. The van der Waals surface area contributed by atoms with Crippen LogP contribution in [0.15, 0.2) is 24.3 Å². The van der Waals surface area contributed by atoms with E-state index in [9.17, 15) is 9.59 Å². The lowest BCUT2D eigenvalue weighted by molar-refractivity contribution is 0.0566. The minimum Gasteiger partial charge on any atom is -0.450 e. The van der Waals surface area contributed by atoms with Crippen LogP contribution in [0.3, 0.4) is 0 Å². The van der Waals surface area contributed by atoms with Crippen LogP contribution in [0.2, 0.25) is 5.02 Å². The van der Waals surface area contributed by atoms with Gasteiger partial charge in [0.1, 0.15) is 5.69 Å². The number of benzene rings is 1. The third-order valence-corrected chi connectivity index (χ3v) is 4.14. The lowest BCUT2D eigenvalue weighted by Crippen LogP contribution is -2.50. The third-order valence-electron chi connectivity index (χ3n) is 3.91. The summed E-state index contributed by atoms with van der Waals surface area (Å²) in [5.41, 5.74) is 1.37. The van der Waals surface area contributed by atoms with E-state index in [0.717, 1.165) is 10.9 Å². The Morgan fingerprint density at radius 2 is 1.87 bits per heavy atom. The van der Waals surface area contributed by atoms with Crippen molar-refractivity contribution < 1.29 is 14.3 Å². The van der Waals surface area contributed by atoms with Crippen LogP contribution in [0.5, 0.6) is 0 Å². The number of hydrogen-bond donors (Lipinski definition) is 1. The first-order valence-electron chi connectivity index (χ1n) is 7.57. The smallest absolute Gasteiger partial charge is 0.409 e. The summed E-state index contributed by atoms with van der Waals surface area (Å²) in [7, 11) is 0. The molecule has 2 amide bonds. The molecule has 1 fully saturated rings. The Labute approximate surface area is 138 Å². The molecule has 1 aliphatic heterocycles. The molecule has 0 radical (unpaired) electrons. The molecular formula is C16H18ClN3O3. The molecule has 6 nitrogen and oxygen atoms in total. The van der Waals surface area contributed by atoms with E-state index in [0.29, 0.717) is 43.5 Å². The first kappa shape index (κ1) is 15.7. The summed E-state index contributed by atoms with van der Waals surface area (Å²) in [5, 5.41) is 1.57. The normalized spacial score (nSPS) is 15.0. The van der Waals surface area contributed by atoms with Crippen molar-refractivity contribution in [2.75, 3.05) is 32.8 Å². The van der Waals surface area contributed by atoms with Gasteiger partial charge in [-0.2, -0.15) is 0 Å². The van der Waals surface area contributed by atoms with Crippen molar-refractivity contribution in [2.24, 2.45) is 0 Å². The molecule has 1 saturated heterocycles. The van der Waals surface area contributed by atoms with Gasteiger partial charge in [-0.05, 0) is 25.1 Å². The van der Waals surface area contributed by atoms with E-state index >= 15 is 0 Å². The number of nitrogens with one attached hydrogen (secondary N) is 1. The topological polar surface area (TPSA) is 65.6 Å². The Hall–Kier alpha value is -2.21. The van der Waals surface area contributed by atoms with Crippen molar-refractivity contribution >= 4 is 34.5 Å². The van der Waals surface area contributed by atoms with Gasteiger partial charge in [-0.3, -0.25) is 4.79 Å². The number of amides is 2. The zero-order chi connectivity index (χ0) is 16.4. The van der Waals surface area contributed by atoms with Gasteiger partial charge in [0.2, 0.25) is 0 Å². The number of carbonyl (C=O) groups excluding carboxylic acids is 2. The molecule has 0 aliphatic carbocycles. The van der Waals surface area contributed by atoms with Crippen molar-refractivity contribution in [1.82, 2.24) is 14.8 Å². The van der Waals surface area contributed by atoms with Crippen LogP contribution in [-0.2, 0) is 4.74 Å². The van der Waals surface area contributed by atoms with Gasteiger partial charge in [0, 0.05) is 42.1 Å². The second-order valence-electron chi connectivity index (χ2n) is 5.39. The number of aromatic nitrogens is 1. The molecule has 0 saturated carbocycles. The number of halogens is 1. The molecule has 7 heteroatoms. The fourth-order valence-electron chi connectivity index (χ4n) is 2.69. The highest BCUT2D eigenvalue weighted by Crippen LogP contribution is 2.21. The molecule has 3 rings (SSSR count). The van der Waals surface area contributed by atoms with Crippen molar-refractivity contribution in [3.05, 3.63) is 35.0 Å². The van der Waals surface area contributed by atoms with Crippen LogP contribution in [0.4, 0.5) is 4.79 Å². The highest BCUT2D eigenvalue weighted by molar-refractivity contribution is 6.31. The van der Waals surface area contributed by atoms with Crippen molar-refractivity contribution in [3.63, 3.8) is 0 Å². The number of aromatic amines is 1. The summed E-state index contributed by atoms with van der Waals surface area (Å²) in [5.74, 6) is -0.0687. The molecule has 1 aromatic carbocycles. The first-order chi connectivity index (χ1) is 11.1. The second kappa shape index (κ2) is 6.50. The number of rotatable bonds is 2. The highest BCUT2D eigenvalue weighted by Gasteiger charge is 2.26. The number of fused-ring (bicyclic) bond motifs is 1. The average Bonchev–Trinajstić information content (AvgIpc) is 2.97. The molecule has 23 heavy (non-hydrogen) atoms. The minimum absolute atomic E-state index is 0.0687. The fraction of sp³-hybridized carbons (Fsp3) is 0.375. The molecule has 0 unspecified atom stereocenters. The second-order valence-corrected chi connectivity index (χ2v) is 5.83. The molecule has 0 bridgehead atoms. The number of carbonyl (C=O) groups is 2. The summed E-state index contributed by atoms with van der Waals surface area (Å²) in [6, 6.07) is 7.30. The van der Waals surface area contributed by atoms with Gasteiger partial charge in [0.25, 0.3) is 5.91 Å². The Morgan fingerprint density at radius 3 is 2.57 bits per heavy atom. The van der Waals surface area contributed by atoms with E-state index in [1.165, 1.54) is 0 Å². The molecule has 1 aliphatic rings. The Bertz CT molecular complexity index is 735. The van der Waals surface area contributed by atoms with E-state index < -0.39 is 0 Å². The first-order valence-corrected chi connectivity index (χ1v) is 7.95. The summed E-state index contributed by atoms with van der Waals surface area (Å²) in [6.45, 7) is 4.09. The highest BCUT2D eigenvalue weighted by atomic mass is 35.5. The lowest BCUT2D eigenvalue weighted by atomic mass is 10.2. The van der Waals surface area contributed by atoms with Crippen LogP contribution in [0, 0.1) is 0 Å². The van der Waals surface area contributed by atoms with Crippen LogP contribution >= 0.6 is 11.6 Å². The predicted molar refractivity (Wildman–Crippen MR) is 87.8 cm³/mol. The Balaban J connectivity index is 1.67. The quantitative estimate of drug-likeness (QED) is 0.917. The standard InChI is InChI=1S/C16H18ClN3O3/c1-2-23-16(22)20-7-5-19(6-8-20)15(21)14-9-11-3-4-12(17)10-13(11)18-14/h3-4,9-10,18H,2,5-8H2,1H3. The maximum absolute atomic E-state index is 12.6. The Kier molecular flexibility index (Phi) is 4.43. The summed E-state index contributed by atoms with van der Waals surface area (Å²) in [6.07, 6.45) is -0.320. The summed E-state index contributed by atoms with van der Waals surface area (Å²) in [4.78, 5) is 30.7. The van der Waals surface area contributed by atoms with Crippen LogP contribution in [-0.4, -0.2) is 59.6 Å². The number of piperazine rings is 1. The van der Waals surface area contributed by atoms with Gasteiger partial charge >= 0.3 is 6.09 Å². The number of ether oxygens (including phenoxy) is 1. The minimum atomic E-state index is -0.320. The molecule has 122 valence electrons. The summed E-state index contributed by atoms with van der Waals surface area (Å²) >= 11 is 5.96. The van der Waals surface area contributed by atoms with Crippen molar-refractivity contribution in [1.29, 1.82) is 0 Å². The zero-order valence-electron chi connectivity index (χ0n) is 12.8. The van der Waals surface area contributed by atoms with Gasteiger partial charge in [-0.1, -0.05) is 17.7 Å². The number of H-pyrrole nitrogens is 1. The van der Waals surface area contributed by atoms with Crippen LogP contribution in [0.1, 0.15) is 17.4 Å². The van der Waals surface area contributed by atoms with Crippen LogP contribution in [0.25, 0.3) is 10.9 Å². The van der Waals surface area contributed by atoms with Gasteiger partial charge < -0.3 is 19.5 Å². The van der Waals surface area contributed by atoms with Gasteiger partial charge in [-0.25, -0.2) is 4.79 Å². The third kappa shape index (κ3) is 3.27. The number of nitrogens with zero attached hydrogens (tertiary/aromatic N) is 2. The van der Waals surface area contributed by atoms with Gasteiger partial charge in [-0.15, -0.1) is 0 Å². The van der Waals surface area contributed by atoms with Gasteiger partial charge in [0.05, 0.1) is 6.61 Å². The molecule has 2 aromatic rings. The predicted octanol–water partition coefficient (Wildman–Crippen LogP) is 2.74. The van der Waals surface area contributed by atoms with E-state index in [1.54, 1.807) is 28.9 Å². The summed E-state index contributed by atoms with van der Waals surface area (Å²) < 4.78 is 4.98. The SMILES string of the molecule is CCOC(=O)N1CCN(C(=O)c2cc3ccc(Cl)cc3[nH]2)CC1. The molecule has 0 spiro atoms. The number of hydrogen-bond acceptors (Lipinski definition) is 3. The monoisotopic (exact) mass is 335 g/mol. The largest absolute Gasteiger partial charge is 0.450 e. The average molecular weight is 336 g/mol. The molecule has 0 atom stereocenters. The Morgan fingerprint density at radius 1 is 1.17 bits per heavy atom. The van der Waals surface area contributed by atoms with E-state index in [-0.39, 0.29) is 12.0 Å². The molecule has 2 heterocycles. The van der Waals surface area contributed by atoms with Crippen molar-refractivity contribution in [2.45, 2.75) is 6.92 Å². The van der Waals surface area contributed by atoms with E-state index in [2.05, 4.69) is 4.98 Å². The maximum Gasteiger partial charge on any atom is 0.409 e. The fourth-order valence-corrected chi connectivity index (χ4v) is 2.86. The van der Waals surface area contributed by atoms with E-state index in [4.69, 9.17) is 16.3 Å². The zero-order valence-corrected chi connectivity index (χ0v) is 13.6. The lowest BCUT2D eigenvalue weighted by Gasteiger charge is -2.33. The molecule has 1 N–H and O–H groups in total. The molecule has 1 aromatic heterocycles. The van der Waals surface area contributed by atoms with Gasteiger partial charge in [0.15, 0.2) is 0 Å².